The van der Waals surface area contributed by atoms with Gasteiger partial charge in [-0.25, -0.2) is 0 Å². The van der Waals surface area contributed by atoms with Crippen molar-refractivity contribution in [3.8, 4) is 0 Å². The summed E-state index contributed by atoms with van der Waals surface area (Å²) in [6.07, 6.45) is 5.20. The summed E-state index contributed by atoms with van der Waals surface area (Å²) in [5.74, 6) is 1.61. The SMILES string of the molecule is CC1CCCCC1CNC(=O)[C@H](N)C(C)C.Cl. The summed E-state index contributed by atoms with van der Waals surface area (Å²) in [6, 6.07) is -0.362. The molecule has 4 heteroatoms. The molecule has 1 amide bonds. The number of rotatable bonds is 4. The van der Waals surface area contributed by atoms with Gasteiger partial charge in [-0.3, -0.25) is 4.79 Å². The first kappa shape index (κ1) is 16.7. The molecular formula is C13H27ClN2O. The minimum atomic E-state index is -0.362. The van der Waals surface area contributed by atoms with Gasteiger partial charge < -0.3 is 11.1 Å². The van der Waals surface area contributed by atoms with E-state index in [9.17, 15) is 4.79 Å². The summed E-state index contributed by atoms with van der Waals surface area (Å²) in [5.41, 5.74) is 5.80. The summed E-state index contributed by atoms with van der Waals surface area (Å²) in [4.78, 5) is 11.7. The number of amides is 1. The van der Waals surface area contributed by atoms with E-state index in [-0.39, 0.29) is 30.3 Å². The van der Waals surface area contributed by atoms with Crippen molar-refractivity contribution >= 4 is 18.3 Å². The van der Waals surface area contributed by atoms with Crippen LogP contribution in [0.25, 0.3) is 0 Å². The highest BCUT2D eigenvalue weighted by atomic mass is 35.5. The van der Waals surface area contributed by atoms with Crippen LogP contribution in [0.2, 0.25) is 0 Å². The average molecular weight is 263 g/mol. The predicted octanol–water partition coefficient (Wildman–Crippen LogP) is 2.33. The van der Waals surface area contributed by atoms with E-state index in [1.54, 1.807) is 0 Å². The third-order valence-corrected chi connectivity index (χ3v) is 3.85. The second-order valence-corrected chi connectivity index (χ2v) is 5.54. The van der Waals surface area contributed by atoms with Gasteiger partial charge in [0.15, 0.2) is 0 Å². The molecule has 0 aromatic carbocycles. The van der Waals surface area contributed by atoms with Crippen molar-refractivity contribution in [1.82, 2.24) is 5.32 Å². The Hall–Kier alpha value is -0.280. The molecule has 0 aliphatic heterocycles. The normalized spacial score (nSPS) is 26.2. The lowest BCUT2D eigenvalue weighted by atomic mass is 9.80. The topological polar surface area (TPSA) is 55.1 Å². The highest BCUT2D eigenvalue weighted by molar-refractivity contribution is 5.85. The Morgan fingerprint density at radius 3 is 2.47 bits per heavy atom. The molecule has 0 aromatic rings. The van der Waals surface area contributed by atoms with E-state index in [1.807, 2.05) is 13.8 Å². The molecule has 1 saturated carbocycles. The Balaban J connectivity index is 0.00000256. The highest BCUT2D eigenvalue weighted by Crippen LogP contribution is 2.28. The summed E-state index contributed by atoms with van der Waals surface area (Å²) >= 11 is 0. The third kappa shape index (κ3) is 5.26. The zero-order valence-corrected chi connectivity index (χ0v) is 12.1. The second-order valence-electron chi connectivity index (χ2n) is 5.54. The lowest BCUT2D eigenvalue weighted by Gasteiger charge is -2.29. The zero-order chi connectivity index (χ0) is 12.1. The Morgan fingerprint density at radius 1 is 1.35 bits per heavy atom. The van der Waals surface area contributed by atoms with Gasteiger partial charge in [0.05, 0.1) is 6.04 Å². The van der Waals surface area contributed by atoms with Gasteiger partial charge in [0.2, 0.25) is 5.91 Å². The first-order valence-electron chi connectivity index (χ1n) is 6.55. The average Bonchev–Trinajstić information content (AvgIpc) is 2.26. The van der Waals surface area contributed by atoms with Crippen molar-refractivity contribution < 1.29 is 4.79 Å². The van der Waals surface area contributed by atoms with Crippen LogP contribution in [0.15, 0.2) is 0 Å². The van der Waals surface area contributed by atoms with Crippen LogP contribution in [0.3, 0.4) is 0 Å². The molecule has 1 aliphatic carbocycles. The number of nitrogens with two attached hydrogens (primary N) is 1. The third-order valence-electron chi connectivity index (χ3n) is 3.85. The molecule has 0 saturated heterocycles. The molecular weight excluding hydrogens is 236 g/mol. The van der Waals surface area contributed by atoms with Crippen LogP contribution in [-0.4, -0.2) is 18.5 Å². The Labute approximate surface area is 111 Å². The standard InChI is InChI=1S/C13H26N2O.ClH/c1-9(2)12(14)13(16)15-8-11-7-5-4-6-10(11)3;/h9-12H,4-8,14H2,1-3H3,(H,15,16);1H/t10?,11?,12-;/m1./s1. The molecule has 1 rings (SSSR count). The van der Waals surface area contributed by atoms with Crippen molar-refractivity contribution in [1.29, 1.82) is 0 Å². The molecule has 102 valence electrons. The van der Waals surface area contributed by atoms with Crippen molar-refractivity contribution in [3.05, 3.63) is 0 Å². The lowest BCUT2D eigenvalue weighted by molar-refractivity contribution is -0.123. The van der Waals surface area contributed by atoms with Crippen molar-refractivity contribution in [2.24, 2.45) is 23.5 Å². The number of halogens is 1. The maximum absolute atomic E-state index is 11.7. The molecule has 3 N–H and O–H groups in total. The number of nitrogens with one attached hydrogen (secondary N) is 1. The largest absolute Gasteiger partial charge is 0.354 e. The first-order valence-corrected chi connectivity index (χ1v) is 6.55. The van der Waals surface area contributed by atoms with E-state index in [1.165, 1.54) is 25.7 Å². The van der Waals surface area contributed by atoms with Gasteiger partial charge >= 0.3 is 0 Å². The van der Waals surface area contributed by atoms with Crippen molar-refractivity contribution in [2.75, 3.05) is 6.54 Å². The fourth-order valence-corrected chi connectivity index (χ4v) is 2.35. The minimum Gasteiger partial charge on any atom is -0.354 e. The maximum atomic E-state index is 11.7. The van der Waals surface area contributed by atoms with Crippen LogP contribution in [0.4, 0.5) is 0 Å². The van der Waals surface area contributed by atoms with Crippen LogP contribution in [-0.2, 0) is 4.79 Å². The minimum absolute atomic E-state index is 0. The number of carbonyl (C=O) groups is 1. The quantitative estimate of drug-likeness (QED) is 0.817. The molecule has 1 aliphatic rings. The van der Waals surface area contributed by atoms with Gasteiger partial charge in [-0.2, -0.15) is 0 Å². The zero-order valence-electron chi connectivity index (χ0n) is 11.2. The summed E-state index contributed by atoms with van der Waals surface area (Å²) < 4.78 is 0. The molecule has 0 spiro atoms. The Kier molecular flexibility index (Phi) is 7.80. The van der Waals surface area contributed by atoms with Crippen LogP contribution < -0.4 is 11.1 Å². The smallest absolute Gasteiger partial charge is 0.237 e. The maximum Gasteiger partial charge on any atom is 0.237 e. The number of hydrogen-bond donors (Lipinski definition) is 2. The molecule has 1 fully saturated rings. The summed E-state index contributed by atoms with van der Waals surface area (Å²) in [6.45, 7) is 7.06. The highest BCUT2D eigenvalue weighted by Gasteiger charge is 2.23. The van der Waals surface area contributed by atoms with E-state index in [0.717, 1.165) is 12.5 Å². The van der Waals surface area contributed by atoms with Crippen LogP contribution >= 0.6 is 12.4 Å². The van der Waals surface area contributed by atoms with E-state index in [0.29, 0.717) is 5.92 Å². The Morgan fingerprint density at radius 2 is 1.94 bits per heavy atom. The van der Waals surface area contributed by atoms with Gasteiger partial charge in [0.25, 0.3) is 0 Å². The fraction of sp³-hybridized carbons (Fsp3) is 0.923. The molecule has 0 aromatic heterocycles. The molecule has 0 heterocycles. The van der Waals surface area contributed by atoms with Gasteiger partial charge in [0.1, 0.15) is 0 Å². The Bertz CT molecular complexity index is 233. The molecule has 0 bridgehead atoms. The van der Waals surface area contributed by atoms with Crippen LogP contribution in [0.1, 0.15) is 46.5 Å². The monoisotopic (exact) mass is 262 g/mol. The van der Waals surface area contributed by atoms with Gasteiger partial charge in [-0.05, 0) is 24.2 Å². The summed E-state index contributed by atoms with van der Waals surface area (Å²) in [7, 11) is 0. The fourth-order valence-electron chi connectivity index (χ4n) is 2.35. The van der Waals surface area contributed by atoms with Gasteiger partial charge in [-0.1, -0.05) is 40.0 Å². The van der Waals surface area contributed by atoms with E-state index < -0.39 is 0 Å². The van der Waals surface area contributed by atoms with E-state index in [2.05, 4.69) is 12.2 Å². The predicted molar refractivity (Wildman–Crippen MR) is 74.2 cm³/mol. The first-order chi connectivity index (χ1) is 7.52. The summed E-state index contributed by atoms with van der Waals surface area (Å²) in [5, 5.41) is 3.00. The van der Waals surface area contributed by atoms with Gasteiger partial charge in [0, 0.05) is 6.54 Å². The van der Waals surface area contributed by atoms with Crippen LogP contribution in [0, 0.1) is 17.8 Å². The molecule has 2 unspecified atom stereocenters. The molecule has 17 heavy (non-hydrogen) atoms. The van der Waals surface area contributed by atoms with Crippen molar-refractivity contribution in [2.45, 2.75) is 52.5 Å². The molecule has 3 nitrogen and oxygen atoms in total. The van der Waals surface area contributed by atoms with Crippen LogP contribution in [0.5, 0.6) is 0 Å². The molecule has 3 atom stereocenters. The second kappa shape index (κ2) is 7.93. The van der Waals surface area contributed by atoms with Crippen molar-refractivity contribution in [3.63, 3.8) is 0 Å². The lowest BCUT2D eigenvalue weighted by Crippen LogP contribution is -2.46. The van der Waals surface area contributed by atoms with E-state index >= 15 is 0 Å². The molecule has 0 radical (unpaired) electrons. The van der Waals surface area contributed by atoms with Gasteiger partial charge in [-0.15, -0.1) is 12.4 Å². The number of hydrogen-bond acceptors (Lipinski definition) is 2. The van der Waals surface area contributed by atoms with E-state index in [4.69, 9.17) is 5.73 Å². The number of carbonyl (C=O) groups excluding carboxylic acids is 1.